The number of carboxylic acid groups (broad SMARTS) is 1. The molecule has 122 valence electrons. The van der Waals surface area contributed by atoms with Gasteiger partial charge in [0, 0.05) is 38.1 Å². The van der Waals surface area contributed by atoms with Crippen molar-refractivity contribution in [2.75, 3.05) is 66.1 Å². The van der Waals surface area contributed by atoms with Crippen molar-refractivity contribution in [1.82, 2.24) is 15.1 Å². The smallest absolute Gasteiger partial charge is 0.359 e. The molecule has 0 aromatic rings. The van der Waals surface area contributed by atoms with Crippen LogP contribution in [0.2, 0.25) is 0 Å². The first kappa shape index (κ1) is 16.7. The summed E-state index contributed by atoms with van der Waals surface area (Å²) in [6.45, 7) is 12.8. The second-order valence-electron chi connectivity index (χ2n) is 7.16. The summed E-state index contributed by atoms with van der Waals surface area (Å²) >= 11 is 0. The predicted octanol–water partition coefficient (Wildman–Crippen LogP) is -0.279. The van der Waals surface area contributed by atoms with Crippen molar-refractivity contribution in [3.8, 4) is 0 Å². The van der Waals surface area contributed by atoms with Crippen molar-refractivity contribution in [3.63, 3.8) is 0 Å². The molecule has 2 rings (SSSR count). The lowest BCUT2D eigenvalue weighted by molar-refractivity contribution is -0.928. The Morgan fingerprint density at radius 3 is 2.43 bits per heavy atom. The maximum Gasteiger partial charge on any atom is 0.359 e. The number of hydrogen-bond acceptors (Lipinski definition) is 4. The van der Waals surface area contributed by atoms with Crippen LogP contribution in [-0.2, 0) is 4.79 Å². The van der Waals surface area contributed by atoms with Crippen molar-refractivity contribution in [3.05, 3.63) is 0 Å². The van der Waals surface area contributed by atoms with Gasteiger partial charge in [-0.1, -0.05) is 0 Å². The SMILES string of the molecule is CC(C)N(C)CN1CC[N+](CC(=O)O)(CC2CNC2)CC1. The number of hydrogen-bond donors (Lipinski definition) is 2. The molecule has 0 saturated carbocycles. The van der Waals surface area contributed by atoms with E-state index in [1.807, 2.05) is 0 Å². The predicted molar refractivity (Wildman–Crippen MR) is 83.1 cm³/mol. The molecule has 0 unspecified atom stereocenters. The van der Waals surface area contributed by atoms with E-state index in [-0.39, 0.29) is 6.54 Å². The van der Waals surface area contributed by atoms with Gasteiger partial charge >= 0.3 is 5.97 Å². The van der Waals surface area contributed by atoms with Gasteiger partial charge in [-0.15, -0.1) is 0 Å². The molecule has 0 aromatic heterocycles. The van der Waals surface area contributed by atoms with Crippen LogP contribution in [-0.4, -0.2) is 97.5 Å². The van der Waals surface area contributed by atoms with Crippen LogP contribution in [0.4, 0.5) is 0 Å². The van der Waals surface area contributed by atoms with Crippen LogP contribution in [0.25, 0.3) is 0 Å². The Morgan fingerprint density at radius 2 is 2.00 bits per heavy atom. The van der Waals surface area contributed by atoms with Crippen molar-refractivity contribution < 1.29 is 14.4 Å². The Bertz CT molecular complexity index is 350. The first-order valence-corrected chi connectivity index (χ1v) is 8.10. The van der Waals surface area contributed by atoms with Gasteiger partial charge in [0.25, 0.3) is 0 Å². The maximum atomic E-state index is 11.3. The van der Waals surface area contributed by atoms with Crippen LogP contribution < -0.4 is 5.32 Å². The highest BCUT2D eigenvalue weighted by Gasteiger charge is 2.38. The summed E-state index contributed by atoms with van der Waals surface area (Å²) in [6.07, 6.45) is 0. The highest BCUT2D eigenvalue weighted by Crippen LogP contribution is 2.19. The fraction of sp³-hybridized carbons (Fsp3) is 0.933. The van der Waals surface area contributed by atoms with Gasteiger partial charge in [0.05, 0.1) is 26.3 Å². The topological polar surface area (TPSA) is 55.8 Å². The standard InChI is InChI=1S/C15H30N4O2/c1-13(2)17(3)12-18-4-6-19(7-5-18,11-15(20)21)10-14-8-16-9-14/h13-14,16H,4-12H2,1-3H3/p+1. The van der Waals surface area contributed by atoms with Gasteiger partial charge in [0.15, 0.2) is 6.54 Å². The third-order valence-electron chi connectivity index (χ3n) is 5.07. The number of piperazine rings is 1. The number of carboxylic acids is 1. The van der Waals surface area contributed by atoms with Crippen LogP contribution in [0.1, 0.15) is 13.8 Å². The van der Waals surface area contributed by atoms with E-state index in [4.69, 9.17) is 0 Å². The molecule has 2 aliphatic heterocycles. The van der Waals surface area contributed by atoms with Crippen LogP contribution in [0, 0.1) is 5.92 Å². The number of aliphatic carboxylic acids is 1. The number of nitrogens with one attached hydrogen (secondary N) is 1. The van der Waals surface area contributed by atoms with Crippen molar-refractivity contribution in [1.29, 1.82) is 0 Å². The van der Waals surface area contributed by atoms with Gasteiger partial charge in [-0.05, 0) is 20.9 Å². The van der Waals surface area contributed by atoms with E-state index in [2.05, 4.69) is 36.0 Å². The zero-order valence-corrected chi connectivity index (χ0v) is 13.7. The van der Waals surface area contributed by atoms with Gasteiger partial charge in [-0.2, -0.15) is 0 Å². The molecule has 0 spiro atoms. The molecule has 0 amide bonds. The molecular formula is C15H31N4O2+. The third-order valence-corrected chi connectivity index (χ3v) is 5.07. The summed E-state index contributed by atoms with van der Waals surface area (Å²) in [6, 6.07) is 0.547. The molecule has 2 heterocycles. The van der Waals surface area contributed by atoms with E-state index in [0.29, 0.717) is 12.0 Å². The number of quaternary nitrogens is 1. The first-order valence-electron chi connectivity index (χ1n) is 8.10. The van der Waals surface area contributed by atoms with Crippen molar-refractivity contribution in [2.24, 2.45) is 5.92 Å². The zero-order chi connectivity index (χ0) is 15.5. The molecular weight excluding hydrogens is 268 g/mol. The van der Waals surface area contributed by atoms with Gasteiger partial charge in [-0.25, -0.2) is 4.79 Å². The Morgan fingerprint density at radius 1 is 1.38 bits per heavy atom. The Labute approximate surface area is 128 Å². The number of carbonyl (C=O) groups is 1. The largest absolute Gasteiger partial charge is 0.477 e. The molecule has 2 saturated heterocycles. The second kappa shape index (κ2) is 7.05. The Kier molecular flexibility index (Phi) is 5.60. The normalized spacial score (nSPS) is 23.5. The Hall–Kier alpha value is -0.690. The van der Waals surface area contributed by atoms with Gasteiger partial charge in [0.1, 0.15) is 0 Å². The van der Waals surface area contributed by atoms with E-state index < -0.39 is 5.97 Å². The van der Waals surface area contributed by atoms with Crippen molar-refractivity contribution in [2.45, 2.75) is 19.9 Å². The lowest BCUT2D eigenvalue weighted by Gasteiger charge is -2.47. The molecule has 2 fully saturated rings. The van der Waals surface area contributed by atoms with E-state index in [9.17, 15) is 9.90 Å². The summed E-state index contributed by atoms with van der Waals surface area (Å²) in [5.74, 6) is 0.00395. The molecule has 2 N–H and O–H groups in total. The summed E-state index contributed by atoms with van der Waals surface area (Å²) < 4.78 is 0.767. The van der Waals surface area contributed by atoms with E-state index >= 15 is 0 Å². The summed E-state index contributed by atoms with van der Waals surface area (Å²) in [5, 5.41) is 12.6. The number of nitrogens with zero attached hydrogens (tertiary/aromatic N) is 3. The molecule has 0 atom stereocenters. The minimum atomic E-state index is -0.657. The maximum absolute atomic E-state index is 11.3. The first-order chi connectivity index (χ1) is 9.90. The lowest BCUT2D eigenvalue weighted by atomic mass is 10.0. The molecule has 0 aromatic carbocycles. The lowest BCUT2D eigenvalue weighted by Crippen LogP contribution is -2.66. The monoisotopic (exact) mass is 299 g/mol. The van der Waals surface area contributed by atoms with Gasteiger partial charge in [0.2, 0.25) is 0 Å². The minimum Gasteiger partial charge on any atom is -0.477 e. The van der Waals surface area contributed by atoms with E-state index in [0.717, 1.165) is 57.0 Å². The highest BCUT2D eigenvalue weighted by molar-refractivity contribution is 5.67. The second-order valence-corrected chi connectivity index (χ2v) is 7.16. The molecule has 21 heavy (non-hydrogen) atoms. The average Bonchev–Trinajstić information content (AvgIpc) is 2.36. The molecule has 0 radical (unpaired) electrons. The van der Waals surface area contributed by atoms with E-state index in [1.165, 1.54) is 0 Å². The van der Waals surface area contributed by atoms with Gasteiger partial charge in [-0.3, -0.25) is 9.80 Å². The summed E-state index contributed by atoms with van der Waals surface area (Å²) in [7, 11) is 2.15. The molecule has 0 aliphatic carbocycles. The number of rotatable bonds is 7. The Balaban J connectivity index is 1.88. The quantitative estimate of drug-likeness (QED) is 0.633. The molecule has 0 bridgehead atoms. The fourth-order valence-electron chi connectivity index (χ4n) is 3.27. The fourth-order valence-corrected chi connectivity index (χ4v) is 3.27. The molecule has 6 nitrogen and oxygen atoms in total. The summed E-state index contributed by atoms with van der Waals surface area (Å²) in [5.41, 5.74) is 0. The highest BCUT2D eigenvalue weighted by atomic mass is 16.4. The van der Waals surface area contributed by atoms with Gasteiger partial charge < -0.3 is 14.9 Å². The third kappa shape index (κ3) is 4.64. The minimum absolute atomic E-state index is 0.282. The van der Waals surface area contributed by atoms with Crippen molar-refractivity contribution >= 4 is 5.97 Å². The average molecular weight is 299 g/mol. The molecule has 2 aliphatic rings. The van der Waals surface area contributed by atoms with Crippen LogP contribution in [0.3, 0.4) is 0 Å². The zero-order valence-electron chi connectivity index (χ0n) is 13.7. The van der Waals surface area contributed by atoms with Crippen LogP contribution >= 0.6 is 0 Å². The van der Waals surface area contributed by atoms with Crippen LogP contribution in [0.15, 0.2) is 0 Å². The van der Waals surface area contributed by atoms with Crippen LogP contribution in [0.5, 0.6) is 0 Å². The summed E-state index contributed by atoms with van der Waals surface area (Å²) in [4.78, 5) is 16.1. The molecule has 6 heteroatoms. The van der Waals surface area contributed by atoms with E-state index in [1.54, 1.807) is 0 Å².